The highest BCUT2D eigenvalue weighted by atomic mass is 32.1. The zero-order chi connectivity index (χ0) is 17.4. The summed E-state index contributed by atoms with van der Waals surface area (Å²) in [5.74, 6) is 1.29. The van der Waals surface area contributed by atoms with Crippen LogP contribution in [-0.2, 0) is 0 Å². The predicted molar refractivity (Wildman–Crippen MR) is 105 cm³/mol. The number of thiophene rings is 1. The van der Waals surface area contributed by atoms with E-state index in [0.29, 0.717) is 12.0 Å². The normalized spacial score (nSPS) is 14.5. The third-order valence-corrected chi connectivity index (χ3v) is 5.10. The van der Waals surface area contributed by atoms with Crippen molar-refractivity contribution in [2.24, 2.45) is 4.99 Å². The van der Waals surface area contributed by atoms with E-state index in [1.807, 2.05) is 7.05 Å². The summed E-state index contributed by atoms with van der Waals surface area (Å²) in [5.41, 5.74) is 1.34. The van der Waals surface area contributed by atoms with E-state index in [9.17, 15) is 0 Å². The largest absolute Gasteiger partial charge is 0.356 e. The number of hydrogen-bond acceptors (Lipinski definition) is 3. The molecule has 4 nitrogen and oxygen atoms in total. The topological polar surface area (TPSA) is 39.7 Å². The fraction of sp³-hybridized carbons (Fsp3) is 0.421. The number of rotatable bonds is 7. The fourth-order valence-corrected chi connectivity index (χ4v) is 3.50. The van der Waals surface area contributed by atoms with Crippen LogP contribution in [0.2, 0.25) is 0 Å². The van der Waals surface area contributed by atoms with Gasteiger partial charge in [-0.2, -0.15) is 0 Å². The summed E-state index contributed by atoms with van der Waals surface area (Å²) < 4.78 is 0. The first-order chi connectivity index (χ1) is 11.6. The first-order valence-electron chi connectivity index (χ1n) is 8.31. The average Bonchev–Trinajstić information content (AvgIpc) is 3.12. The average molecular weight is 345 g/mol. The minimum absolute atomic E-state index is 0.343. The first kappa shape index (κ1) is 18.5. The Hall–Kier alpha value is -1.85. The van der Waals surface area contributed by atoms with Crippen LogP contribution in [0.4, 0.5) is 0 Å². The van der Waals surface area contributed by atoms with Crippen LogP contribution in [0, 0.1) is 0 Å². The Balaban J connectivity index is 1.86. The van der Waals surface area contributed by atoms with Crippen molar-refractivity contribution >= 4 is 17.3 Å². The highest BCUT2D eigenvalue weighted by Crippen LogP contribution is 2.22. The van der Waals surface area contributed by atoms with Crippen LogP contribution in [0.15, 0.2) is 52.8 Å². The number of hydrogen-bond donors (Lipinski definition) is 2. The van der Waals surface area contributed by atoms with Crippen molar-refractivity contribution in [3.8, 4) is 0 Å². The van der Waals surface area contributed by atoms with Crippen molar-refractivity contribution in [3.63, 3.8) is 0 Å². The van der Waals surface area contributed by atoms with E-state index < -0.39 is 0 Å². The molecule has 0 fully saturated rings. The molecule has 2 unspecified atom stereocenters. The summed E-state index contributed by atoms with van der Waals surface area (Å²) in [6.07, 6.45) is 0. The van der Waals surface area contributed by atoms with E-state index in [2.05, 4.69) is 89.4 Å². The predicted octanol–water partition coefficient (Wildman–Crippen LogP) is 3.32. The zero-order valence-corrected chi connectivity index (χ0v) is 15.8. The molecule has 1 aromatic carbocycles. The Morgan fingerprint density at radius 1 is 1.08 bits per heavy atom. The van der Waals surface area contributed by atoms with Crippen LogP contribution < -0.4 is 10.6 Å². The molecule has 0 amide bonds. The van der Waals surface area contributed by atoms with Gasteiger partial charge in [0.05, 0.1) is 6.04 Å². The molecular weight excluding hydrogens is 316 g/mol. The zero-order valence-electron chi connectivity index (χ0n) is 15.0. The number of benzene rings is 1. The lowest BCUT2D eigenvalue weighted by atomic mass is 10.0. The van der Waals surface area contributed by atoms with Gasteiger partial charge in [0, 0.05) is 25.0 Å². The van der Waals surface area contributed by atoms with Crippen LogP contribution >= 0.6 is 11.3 Å². The summed E-state index contributed by atoms with van der Waals surface area (Å²) in [5, 5.41) is 9.01. The second kappa shape index (κ2) is 9.45. The monoisotopic (exact) mass is 344 g/mol. The Morgan fingerprint density at radius 2 is 1.79 bits per heavy atom. The molecule has 1 aromatic heterocycles. The molecule has 0 aliphatic heterocycles. The standard InChI is InChI=1S/C19H28N4S/c1-15(16-9-6-5-7-10-16)13-21-19(20-2)22-14-17(23(3)4)18-11-8-12-24-18/h5-12,15,17H,13-14H2,1-4H3,(H2,20,21,22). The molecule has 0 radical (unpaired) electrons. The number of nitrogens with zero attached hydrogens (tertiary/aromatic N) is 2. The quantitative estimate of drug-likeness (QED) is 0.598. The van der Waals surface area contributed by atoms with Gasteiger partial charge in [0.1, 0.15) is 0 Å². The maximum Gasteiger partial charge on any atom is 0.191 e. The van der Waals surface area contributed by atoms with E-state index in [4.69, 9.17) is 0 Å². The van der Waals surface area contributed by atoms with Crippen LogP contribution in [-0.4, -0.2) is 45.1 Å². The molecule has 0 bridgehead atoms. The maximum absolute atomic E-state index is 4.35. The van der Waals surface area contributed by atoms with Gasteiger partial charge in [-0.05, 0) is 37.0 Å². The molecular formula is C19H28N4S. The van der Waals surface area contributed by atoms with E-state index >= 15 is 0 Å². The minimum Gasteiger partial charge on any atom is -0.356 e. The van der Waals surface area contributed by atoms with Crippen LogP contribution in [0.1, 0.15) is 29.3 Å². The Bertz CT molecular complexity index is 608. The Morgan fingerprint density at radius 3 is 2.38 bits per heavy atom. The SMILES string of the molecule is CN=C(NCC(C)c1ccccc1)NCC(c1cccs1)N(C)C. The fourth-order valence-electron chi connectivity index (χ4n) is 2.58. The van der Waals surface area contributed by atoms with Gasteiger partial charge in [0.2, 0.25) is 0 Å². The van der Waals surface area contributed by atoms with Gasteiger partial charge in [0.25, 0.3) is 0 Å². The van der Waals surface area contributed by atoms with Gasteiger partial charge >= 0.3 is 0 Å². The molecule has 0 aliphatic carbocycles. The van der Waals surface area contributed by atoms with Crippen molar-refractivity contribution in [1.82, 2.24) is 15.5 Å². The van der Waals surface area contributed by atoms with E-state index in [1.54, 1.807) is 11.3 Å². The van der Waals surface area contributed by atoms with Gasteiger partial charge in [-0.1, -0.05) is 43.3 Å². The maximum atomic E-state index is 4.35. The van der Waals surface area contributed by atoms with Crippen molar-refractivity contribution in [3.05, 3.63) is 58.3 Å². The molecule has 2 atom stereocenters. The molecule has 5 heteroatoms. The van der Waals surface area contributed by atoms with Crippen LogP contribution in [0.25, 0.3) is 0 Å². The lowest BCUT2D eigenvalue weighted by Gasteiger charge is -2.25. The summed E-state index contributed by atoms with van der Waals surface area (Å²) in [6, 6.07) is 15.2. The highest BCUT2D eigenvalue weighted by molar-refractivity contribution is 7.10. The van der Waals surface area contributed by atoms with Gasteiger partial charge in [-0.3, -0.25) is 4.99 Å². The van der Waals surface area contributed by atoms with Crippen LogP contribution in [0.3, 0.4) is 0 Å². The van der Waals surface area contributed by atoms with E-state index in [1.165, 1.54) is 10.4 Å². The summed E-state index contributed by atoms with van der Waals surface area (Å²) in [6.45, 7) is 3.91. The van der Waals surface area contributed by atoms with E-state index in [0.717, 1.165) is 19.0 Å². The first-order valence-corrected chi connectivity index (χ1v) is 9.19. The number of likely N-dealkylation sites (N-methyl/N-ethyl adjacent to an activating group) is 1. The molecule has 2 N–H and O–H groups in total. The van der Waals surface area contributed by atoms with Gasteiger partial charge in [-0.25, -0.2) is 0 Å². The molecule has 1 heterocycles. The van der Waals surface area contributed by atoms with Crippen molar-refractivity contribution < 1.29 is 0 Å². The minimum atomic E-state index is 0.343. The molecule has 130 valence electrons. The van der Waals surface area contributed by atoms with Crippen LogP contribution in [0.5, 0.6) is 0 Å². The Kier molecular flexibility index (Phi) is 7.28. The Labute approximate surface area is 149 Å². The highest BCUT2D eigenvalue weighted by Gasteiger charge is 2.15. The second-order valence-corrected chi connectivity index (χ2v) is 7.12. The molecule has 0 saturated carbocycles. The lowest BCUT2D eigenvalue weighted by Crippen LogP contribution is -2.42. The molecule has 2 aromatic rings. The number of nitrogens with one attached hydrogen (secondary N) is 2. The smallest absolute Gasteiger partial charge is 0.191 e. The third kappa shape index (κ3) is 5.35. The summed E-state index contributed by atoms with van der Waals surface area (Å²) in [4.78, 5) is 7.94. The molecule has 0 aliphatic rings. The van der Waals surface area contributed by atoms with Gasteiger partial charge in [0.15, 0.2) is 5.96 Å². The summed E-state index contributed by atoms with van der Waals surface area (Å²) >= 11 is 1.79. The number of aliphatic imine (C=N–C) groups is 1. The van der Waals surface area contributed by atoms with Crippen molar-refractivity contribution in [2.45, 2.75) is 18.9 Å². The molecule has 0 spiro atoms. The third-order valence-electron chi connectivity index (χ3n) is 4.13. The van der Waals surface area contributed by atoms with Crippen molar-refractivity contribution in [1.29, 1.82) is 0 Å². The molecule has 0 saturated heterocycles. The lowest BCUT2D eigenvalue weighted by molar-refractivity contribution is 0.302. The van der Waals surface area contributed by atoms with Gasteiger partial charge in [-0.15, -0.1) is 11.3 Å². The molecule has 24 heavy (non-hydrogen) atoms. The van der Waals surface area contributed by atoms with E-state index in [-0.39, 0.29) is 0 Å². The summed E-state index contributed by atoms with van der Waals surface area (Å²) in [7, 11) is 6.04. The second-order valence-electron chi connectivity index (χ2n) is 6.14. The van der Waals surface area contributed by atoms with Gasteiger partial charge < -0.3 is 15.5 Å². The molecule has 2 rings (SSSR count). The number of guanidine groups is 1. The van der Waals surface area contributed by atoms with Crippen molar-refractivity contribution in [2.75, 3.05) is 34.2 Å².